The van der Waals surface area contributed by atoms with E-state index in [2.05, 4.69) is 53.0 Å². The average molecular weight is 183 g/mol. The van der Waals surface area contributed by atoms with Crippen molar-refractivity contribution in [1.29, 1.82) is 0 Å². The van der Waals surface area contributed by atoms with Crippen LogP contribution in [0.3, 0.4) is 0 Å². The zero-order valence-electron chi connectivity index (χ0n) is 10.1. The van der Waals surface area contributed by atoms with E-state index in [1.165, 1.54) is 6.42 Å². The first-order chi connectivity index (χ1) is 5.67. The van der Waals surface area contributed by atoms with E-state index < -0.39 is 0 Å². The quantitative estimate of drug-likeness (QED) is 0.645. The minimum absolute atomic E-state index is 0.201. The van der Waals surface area contributed by atoms with Crippen LogP contribution in [0, 0.1) is 5.41 Å². The van der Waals surface area contributed by atoms with Gasteiger partial charge in [-0.1, -0.05) is 27.4 Å². The largest absolute Gasteiger partial charge is 0.373 e. The van der Waals surface area contributed by atoms with E-state index in [1.807, 2.05) is 6.20 Å². The molecule has 0 amide bonds. The Balaban J connectivity index is 4.09. The van der Waals surface area contributed by atoms with Crippen LogP contribution in [0.4, 0.5) is 0 Å². The Bertz CT molecular complexity index is 157. The molecule has 0 saturated carbocycles. The Morgan fingerprint density at radius 1 is 1.08 bits per heavy atom. The highest BCUT2D eigenvalue weighted by atomic mass is 15.2. The molecule has 1 heteroatoms. The molecule has 13 heavy (non-hydrogen) atoms. The van der Waals surface area contributed by atoms with Gasteiger partial charge in [0, 0.05) is 12.1 Å². The lowest BCUT2D eigenvalue weighted by Gasteiger charge is -2.36. The number of nitrogens with zero attached hydrogens (tertiary/aromatic N) is 1. The second-order valence-corrected chi connectivity index (χ2v) is 5.86. The fraction of sp³-hybridized carbons (Fsp3) is 0.833. The molecule has 0 aromatic rings. The third kappa shape index (κ3) is 5.73. The highest BCUT2D eigenvalue weighted by Crippen LogP contribution is 2.22. The Hall–Kier alpha value is -0.460. The van der Waals surface area contributed by atoms with Crippen LogP contribution in [0.5, 0.6) is 0 Å². The van der Waals surface area contributed by atoms with E-state index in [0.29, 0.717) is 5.41 Å². The third-order valence-electron chi connectivity index (χ3n) is 2.18. The van der Waals surface area contributed by atoms with Crippen LogP contribution < -0.4 is 0 Å². The van der Waals surface area contributed by atoms with Crippen LogP contribution in [0.1, 0.15) is 48.0 Å². The van der Waals surface area contributed by atoms with Gasteiger partial charge in [0.2, 0.25) is 0 Å². The van der Waals surface area contributed by atoms with Crippen LogP contribution in [-0.2, 0) is 0 Å². The van der Waals surface area contributed by atoms with Crippen molar-refractivity contribution in [2.75, 3.05) is 6.54 Å². The molecule has 0 aliphatic carbocycles. The second kappa shape index (κ2) is 4.17. The molecule has 1 nitrogen and oxygen atoms in total. The summed E-state index contributed by atoms with van der Waals surface area (Å²) in [5, 5.41) is 0. The Kier molecular flexibility index (Phi) is 4.02. The van der Waals surface area contributed by atoms with Gasteiger partial charge in [0.05, 0.1) is 0 Å². The summed E-state index contributed by atoms with van der Waals surface area (Å²) in [7, 11) is 0. The fourth-order valence-electron chi connectivity index (χ4n) is 1.16. The van der Waals surface area contributed by atoms with Gasteiger partial charge in [-0.05, 0) is 38.8 Å². The van der Waals surface area contributed by atoms with E-state index in [1.54, 1.807) is 0 Å². The van der Waals surface area contributed by atoms with Crippen molar-refractivity contribution in [3.63, 3.8) is 0 Å². The Morgan fingerprint density at radius 3 is 1.77 bits per heavy atom. The van der Waals surface area contributed by atoms with E-state index in [4.69, 9.17) is 0 Å². The zero-order chi connectivity index (χ0) is 10.7. The SMILES string of the molecule is C=CN(CCC(C)(C)C)C(C)(C)C. The number of hydrogen-bond donors (Lipinski definition) is 0. The van der Waals surface area contributed by atoms with Crippen molar-refractivity contribution in [3.8, 4) is 0 Å². The number of rotatable bonds is 3. The van der Waals surface area contributed by atoms with Gasteiger partial charge in [0.15, 0.2) is 0 Å². The molecule has 78 valence electrons. The van der Waals surface area contributed by atoms with Crippen LogP contribution in [0.2, 0.25) is 0 Å². The second-order valence-electron chi connectivity index (χ2n) is 5.86. The van der Waals surface area contributed by atoms with Crippen molar-refractivity contribution >= 4 is 0 Å². The molecule has 0 spiro atoms. The topological polar surface area (TPSA) is 3.24 Å². The van der Waals surface area contributed by atoms with Crippen molar-refractivity contribution in [3.05, 3.63) is 12.8 Å². The summed E-state index contributed by atoms with van der Waals surface area (Å²) in [6.07, 6.45) is 3.15. The minimum Gasteiger partial charge on any atom is -0.373 e. The first-order valence-electron chi connectivity index (χ1n) is 5.06. The molecule has 0 saturated heterocycles. The van der Waals surface area contributed by atoms with Gasteiger partial charge in [0.25, 0.3) is 0 Å². The summed E-state index contributed by atoms with van der Waals surface area (Å²) in [5.74, 6) is 0. The fourth-order valence-corrected chi connectivity index (χ4v) is 1.16. The van der Waals surface area contributed by atoms with Crippen LogP contribution in [0.25, 0.3) is 0 Å². The molecule has 0 aliphatic heterocycles. The smallest absolute Gasteiger partial charge is 0.0312 e. The van der Waals surface area contributed by atoms with Gasteiger partial charge in [-0.2, -0.15) is 0 Å². The maximum Gasteiger partial charge on any atom is 0.0312 e. The molecular formula is C12H25N. The van der Waals surface area contributed by atoms with Crippen LogP contribution in [-0.4, -0.2) is 17.0 Å². The first-order valence-corrected chi connectivity index (χ1v) is 5.06. The van der Waals surface area contributed by atoms with Gasteiger partial charge in [-0.15, -0.1) is 0 Å². The van der Waals surface area contributed by atoms with E-state index in [-0.39, 0.29) is 5.54 Å². The molecule has 0 rings (SSSR count). The summed E-state index contributed by atoms with van der Waals surface area (Å²) in [4.78, 5) is 2.30. The van der Waals surface area contributed by atoms with Gasteiger partial charge in [-0.3, -0.25) is 0 Å². The van der Waals surface area contributed by atoms with Crippen molar-refractivity contribution < 1.29 is 0 Å². The first kappa shape index (κ1) is 12.5. The summed E-state index contributed by atoms with van der Waals surface area (Å²) in [5.41, 5.74) is 0.611. The average Bonchev–Trinajstić information content (AvgIpc) is 1.82. The van der Waals surface area contributed by atoms with Crippen LogP contribution in [0.15, 0.2) is 12.8 Å². The highest BCUT2D eigenvalue weighted by molar-refractivity contribution is 4.84. The van der Waals surface area contributed by atoms with Gasteiger partial charge < -0.3 is 4.90 Å². The molecule has 0 aromatic heterocycles. The number of hydrogen-bond acceptors (Lipinski definition) is 1. The van der Waals surface area contributed by atoms with Crippen molar-refractivity contribution in [2.24, 2.45) is 5.41 Å². The molecule has 0 N–H and O–H groups in total. The third-order valence-corrected chi connectivity index (χ3v) is 2.18. The molecule has 0 aromatic carbocycles. The molecule has 0 aliphatic rings. The Morgan fingerprint density at radius 2 is 1.54 bits per heavy atom. The minimum atomic E-state index is 0.201. The summed E-state index contributed by atoms with van der Waals surface area (Å²) in [6, 6.07) is 0. The van der Waals surface area contributed by atoms with Crippen molar-refractivity contribution in [2.45, 2.75) is 53.5 Å². The summed E-state index contributed by atoms with van der Waals surface area (Å²) < 4.78 is 0. The predicted molar refractivity (Wildman–Crippen MR) is 60.7 cm³/mol. The standard InChI is InChI=1S/C12H25N/c1-8-13(12(5,6)7)10-9-11(2,3)4/h8H,1,9-10H2,2-7H3. The summed E-state index contributed by atoms with van der Waals surface area (Å²) in [6.45, 7) is 18.4. The van der Waals surface area contributed by atoms with E-state index in [0.717, 1.165) is 6.54 Å². The van der Waals surface area contributed by atoms with Gasteiger partial charge in [-0.25, -0.2) is 0 Å². The lowest BCUT2D eigenvalue weighted by Crippen LogP contribution is -2.38. The normalized spacial score (nSPS) is 12.8. The molecule has 0 unspecified atom stereocenters. The van der Waals surface area contributed by atoms with Gasteiger partial charge in [0.1, 0.15) is 0 Å². The molecular weight excluding hydrogens is 158 g/mol. The Labute approximate surface area is 83.8 Å². The maximum atomic E-state index is 3.85. The monoisotopic (exact) mass is 183 g/mol. The molecule has 0 heterocycles. The van der Waals surface area contributed by atoms with E-state index >= 15 is 0 Å². The molecule has 0 fully saturated rings. The molecule has 0 radical (unpaired) electrons. The lowest BCUT2D eigenvalue weighted by molar-refractivity contribution is 0.179. The highest BCUT2D eigenvalue weighted by Gasteiger charge is 2.19. The van der Waals surface area contributed by atoms with Gasteiger partial charge >= 0.3 is 0 Å². The predicted octanol–water partition coefficient (Wildman–Crippen LogP) is 3.67. The zero-order valence-corrected chi connectivity index (χ0v) is 10.1. The van der Waals surface area contributed by atoms with Crippen LogP contribution >= 0.6 is 0 Å². The maximum absolute atomic E-state index is 3.85. The van der Waals surface area contributed by atoms with E-state index in [9.17, 15) is 0 Å². The molecule has 0 atom stereocenters. The molecule has 0 bridgehead atoms. The van der Waals surface area contributed by atoms with Crippen molar-refractivity contribution in [1.82, 2.24) is 4.90 Å². The lowest BCUT2D eigenvalue weighted by atomic mass is 9.91. The summed E-state index contributed by atoms with van der Waals surface area (Å²) >= 11 is 0.